The third kappa shape index (κ3) is 3.02. The van der Waals surface area contributed by atoms with E-state index >= 15 is 0 Å². The van der Waals surface area contributed by atoms with Gasteiger partial charge in [-0.1, -0.05) is 6.92 Å². The number of aromatic nitrogens is 2. The molecule has 0 fully saturated rings. The predicted molar refractivity (Wildman–Crippen MR) is 89.2 cm³/mol. The molecule has 21 heavy (non-hydrogen) atoms. The molecule has 2 aromatic heterocycles. The van der Waals surface area contributed by atoms with Crippen molar-refractivity contribution in [2.75, 3.05) is 5.32 Å². The molecule has 1 N–H and O–H groups in total. The van der Waals surface area contributed by atoms with Crippen molar-refractivity contribution in [2.24, 2.45) is 0 Å². The number of hydrogen-bond acceptors (Lipinski definition) is 4. The minimum absolute atomic E-state index is 0.169. The maximum Gasteiger partial charge on any atom is 0.225 e. The van der Waals surface area contributed by atoms with Crippen molar-refractivity contribution in [3.8, 4) is 0 Å². The first-order valence-electron chi connectivity index (χ1n) is 6.25. The summed E-state index contributed by atoms with van der Waals surface area (Å²) < 4.78 is 14.1. The maximum absolute atomic E-state index is 13.4. The average molecular weight is 387 g/mol. The van der Waals surface area contributed by atoms with Gasteiger partial charge in [0.2, 0.25) is 5.28 Å². The van der Waals surface area contributed by atoms with Crippen molar-refractivity contribution >= 4 is 60.6 Å². The fourth-order valence-corrected chi connectivity index (χ4v) is 3.47. The lowest BCUT2D eigenvalue weighted by Gasteiger charge is -2.09. The SMILES string of the molecule is CCc1cc2c(Nc3cc(F)ccc3Br)nc(Cl)nc2s1. The third-order valence-corrected chi connectivity index (χ3v) is 4.98. The molecule has 1 aromatic carbocycles. The Kier molecular flexibility index (Phi) is 4.10. The molecule has 0 atom stereocenters. The first-order valence-corrected chi connectivity index (χ1v) is 8.23. The maximum atomic E-state index is 13.4. The largest absolute Gasteiger partial charge is 0.339 e. The van der Waals surface area contributed by atoms with Crippen LogP contribution in [0.15, 0.2) is 28.7 Å². The molecule has 0 saturated carbocycles. The Morgan fingerprint density at radius 2 is 2.14 bits per heavy atom. The van der Waals surface area contributed by atoms with Gasteiger partial charge in [-0.15, -0.1) is 11.3 Å². The van der Waals surface area contributed by atoms with Crippen LogP contribution in [0.3, 0.4) is 0 Å². The molecular weight excluding hydrogens is 377 g/mol. The second-order valence-corrected chi connectivity index (χ2v) is 6.68. The molecule has 2 heterocycles. The second kappa shape index (κ2) is 5.87. The van der Waals surface area contributed by atoms with Gasteiger partial charge in [-0.2, -0.15) is 4.98 Å². The number of fused-ring (bicyclic) bond motifs is 1. The van der Waals surface area contributed by atoms with E-state index in [2.05, 4.69) is 38.1 Å². The van der Waals surface area contributed by atoms with Crippen LogP contribution in [0.2, 0.25) is 5.28 Å². The zero-order valence-electron chi connectivity index (χ0n) is 11.0. The molecule has 0 aliphatic rings. The third-order valence-electron chi connectivity index (χ3n) is 2.95. The Morgan fingerprint density at radius 3 is 2.90 bits per heavy atom. The highest BCUT2D eigenvalue weighted by Crippen LogP contribution is 2.33. The quantitative estimate of drug-likeness (QED) is 0.599. The van der Waals surface area contributed by atoms with E-state index in [4.69, 9.17) is 11.6 Å². The molecule has 0 saturated heterocycles. The Morgan fingerprint density at radius 1 is 1.33 bits per heavy atom. The zero-order chi connectivity index (χ0) is 15.0. The van der Waals surface area contributed by atoms with Crippen LogP contribution in [-0.4, -0.2) is 9.97 Å². The fraction of sp³-hybridized carbons (Fsp3) is 0.143. The zero-order valence-corrected chi connectivity index (χ0v) is 14.1. The minimum Gasteiger partial charge on any atom is -0.339 e. The first-order chi connectivity index (χ1) is 10.1. The lowest BCUT2D eigenvalue weighted by atomic mass is 10.2. The molecule has 7 heteroatoms. The standard InChI is InChI=1S/C14H10BrClFN3S/c1-2-8-6-9-12(19-14(16)20-13(9)21-8)18-11-5-7(17)3-4-10(11)15/h3-6H,2H2,1H3,(H,18,19,20). The number of nitrogens with one attached hydrogen (secondary N) is 1. The number of nitrogens with zero attached hydrogens (tertiary/aromatic N) is 2. The second-order valence-electron chi connectivity index (χ2n) is 4.38. The highest BCUT2D eigenvalue weighted by Gasteiger charge is 2.12. The summed E-state index contributed by atoms with van der Waals surface area (Å²) >= 11 is 10.9. The van der Waals surface area contributed by atoms with Gasteiger partial charge < -0.3 is 5.32 Å². The Balaban J connectivity index is 2.11. The van der Waals surface area contributed by atoms with E-state index < -0.39 is 0 Å². The summed E-state index contributed by atoms with van der Waals surface area (Å²) in [6, 6.07) is 6.46. The van der Waals surface area contributed by atoms with Gasteiger partial charge in [-0.3, -0.25) is 0 Å². The average Bonchev–Trinajstić information content (AvgIpc) is 2.86. The highest BCUT2D eigenvalue weighted by atomic mass is 79.9. The van der Waals surface area contributed by atoms with Gasteiger partial charge in [-0.05, 0) is 58.2 Å². The minimum atomic E-state index is -0.323. The van der Waals surface area contributed by atoms with E-state index in [9.17, 15) is 4.39 Å². The molecule has 3 rings (SSSR count). The van der Waals surface area contributed by atoms with Crippen molar-refractivity contribution in [2.45, 2.75) is 13.3 Å². The monoisotopic (exact) mass is 385 g/mol. The van der Waals surface area contributed by atoms with Gasteiger partial charge in [0, 0.05) is 9.35 Å². The Bertz CT molecular complexity index is 821. The van der Waals surface area contributed by atoms with Crippen LogP contribution in [0.5, 0.6) is 0 Å². The summed E-state index contributed by atoms with van der Waals surface area (Å²) in [4.78, 5) is 10.5. The number of halogens is 3. The van der Waals surface area contributed by atoms with Gasteiger partial charge in [0.15, 0.2) is 0 Å². The number of aryl methyl sites for hydroxylation is 1. The van der Waals surface area contributed by atoms with Gasteiger partial charge in [0.25, 0.3) is 0 Å². The van der Waals surface area contributed by atoms with Crippen LogP contribution < -0.4 is 5.32 Å². The molecule has 3 aromatic rings. The lowest BCUT2D eigenvalue weighted by Crippen LogP contribution is -1.97. The van der Waals surface area contributed by atoms with Crippen LogP contribution >= 0.6 is 38.9 Å². The number of thiophene rings is 1. The van der Waals surface area contributed by atoms with Crippen molar-refractivity contribution in [3.05, 3.63) is 44.7 Å². The van der Waals surface area contributed by atoms with E-state index in [1.807, 2.05) is 6.07 Å². The molecule has 0 aliphatic carbocycles. The molecule has 0 unspecified atom stereocenters. The lowest BCUT2D eigenvalue weighted by molar-refractivity contribution is 0.628. The van der Waals surface area contributed by atoms with Gasteiger partial charge in [0.1, 0.15) is 16.5 Å². The molecule has 0 radical (unpaired) electrons. The van der Waals surface area contributed by atoms with Crippen LogP contribution in [0.4, 0.5) is 15.9 Å². The van der Waals surface area contributed by atoms with Crippen molar-refractivity contribution in [1.29, 1.82) is 0 Å². The van der Waals surface area contributed by atoms with Crippen LogP contribution in [0, 0.1) is 5.82 Å². The summed E-state index contributed by atoms with van der Waals surface area (Å²) in [5, 5.41) is 4.17. The number of hydrogen-bond donors (Lipinski definition) is 1. The number of benzene rings is 1. The van der Waals surface area contributed by atoms with E-state index in [1.165, 1.54) is 17.0 Å². The van der Waals surface area contributed by atoms with Crippen molar-refractivity contribution in [1.82, 2.24) is 9.97 Å². The molecular formula is C14H10BrClFN3S. The summed E-state index contributed by atoms with van der Waals surface area (Å²) in [6.45, 7) is 2.08. The molecule has 0 bridgehead atoms. The molecule has 0 spiro atoms. The fourth-order valence-electron chi connectivity index (χ4n) is 1.94. The first kappa shape index (κ1) is 14.7. The van der Waals surface area contributed by atoms with Gasteiger partial charge in [0.05, 0.1) is 11.1 Å². The molecule has 3 nitrogen and oxygen atoms in total. The van der Waals surface area contributed by atoms with Crippen molar-refractivity contribution in [3.63, 3.8) is 0 Å². The normalized spacial score (nSPS) is 11.0. The van der Waals surface area contributed by atoms with Gasteiger partial charge >= 0.3 is 0 Å². The number of rotatable bonds is 3. The molecule has 0 aliphatic heterocycles. The topological polar surface area (TPSA) is 37.8 Å². The van der Waals surface area contributed by atoms with E-state index in [-0.39, 0.29) is 11.1 Å². The van der Waals surface area contributed by atoms with Crippen LogP contribution in [-0.2, 0) is 6.42 Å². The Labute approximate surface area is 138 Å². The smallest absolute Gasteiger partial charge is 0.225 e. The van der Waals surface area contributed by atoms with Crippen molar-refractivity contribution < 1.29 is 4.39 Å². The summed E-state index contributed by atoms with van der Waals surface area (Å²) in [6.07, 6.45) is 0.918. The summed E-state index contributed by atoms with van der Waals surface area (Å²) in [5.74, 6) is 0.254. The summed E-state index contributed by atoms with van der Waals surface area (Å²) in [7, 11) is 0. The van der Waals surface area contributed by atoms with Crippen LogP contribution in [0.25, 0.3) is 10.2 Å². The van der Waals surface area contributed by atoms with Crippen LogP contribution in [0.1, 0.15) is 11.8 Å². The Hall–Kier alpha value is -1.24. The number of anilines is 2. The molecule has 108 valence electrons. The highest BCUT2D eigenvalue weighted by molar-refractivity contribution is 9.10. The van der Waals surface area contributed by atoms with Gasteiger partial charge in [-0.25, -0.2) is 9.37 Å². The molecule has 0 amide bonds. The summed E-state index contributed by atoms with van der Waals surface area (Å²) in [5.41, 5.74) is 0.593. The predicted octanol–water partition coefficient (Wildman–Crippen LogP) is 5.55. The van der Waals surface area contributed by atoms with E-state index in [0.717, 1.165) is 21.1 Å². The van der Waals surface area contributed by atoms with E-state index in [1.54, 1.807) is 17.4 Å². The van der Waals surface area contributed by atoms with E-state index in [0.29, 0.717) is 11.5 Å².